The van der Waals surface area contributed by atoms with Gasteiger partial charge in [-0.05, 0) is 35.7 Å². The molecule has 0 fully saturated rings. The van der Waals surface area contributed by atoms with Crippen molar-refractivity contribution in [2.75, 3.05) is 0 Å². The van der Waals surface area contributed by atoms with Gasteiger partial charge in [0.1, 0.15) is 5.82 Å². The van der Waals surface area contributed by atoms with Gasteiger partial charge in [0, 0.05) is 10.9 Å². The van der Waals surface area contributed by atoms with E-state index in [9.17, 15) is 4.79 Å². The number of nitrogens with one attached hydrogen (secondary N) is 1. The highest BCUT2D eigenvalue weighted by molar-refractivity contribution is 7.08. The average molecular weight is 254 g/mol. The van der Waals surface area contributed by atoms with E-state index in [0.717, 1.165) is 11.0 Å². The second-order valence-electron chi connectivity index (χ2n) is 3.85. The lowest BCUT2D eigenvalue weighted by atomic mass is 10.2. The number of ketones is 1. The monoisotopic (exact) mass is 254 g/mol. The first-order valence-electron chi connectivity index (χ1n) is 5.52. The predicted molar refractivity (Wildman–Crippen MR) is 73.8 cm³/mol. The molecule has 0 radical (unpaired) electrons. The van der Waals surface area contributed by atoms with Crippen molar-refractivity contribution in [3.63, 3.8) is 0 Å². The van der Waals surface area contributed by atoms with Gasteiger partial charge in [0.15, 0.2) is 5.78 Å². The van der Waals surface area contributed by atoms with Gasteiger partial charge in [-0.3, -0.25) is 4.79 Å². The van der Waals surface area contributed by atoms with E-state index in [4.69, 9.17) is 0 Å². The largest absolute Gasteiger partial charge is 0.338 e. The minimum atomic E-state index is -0.00305. The molecule has 0 aliphatic heterocycles. The lowest BCUT2D eigenvalue weighted by Crippen LogP contribution is -1.90. The van der Waals surface area contributed by atoms with E-state index in [1.165, 1.54) is 11.3 Å². The standard InChI is InChI=1S/C14H10N2OS/c17-13(10-7-8-18-9-10)5-6-14-15-11-3-1-2-4-12(11)16-14/h1-9H,(H,15,16). The Morgan fingerprint density at radius 2 is 2.17 bits per heavy atom. The van der Waals surface area contributed by atoms with Gasteiger partial charge in [-0.2, -0.15) is 11.3 Å². The molecule has 4 heteroatoms. The first kappa shape index (κ1) is 10.9. The van der Waals surface area contributed by atoms with Gasteiger partial charge in [0.05, 0.1) is 11.0 Å². The molecule has 3 aromatic rings. The molecule has 0 amide bonds. The smallest absolute Gasteiger partial charge is 0.186 e. The molecule has 1 N–H and O–H groups in total. The molecule has 2 aromatic heterocycles. The van der Waals surface area contributed by atoms with Crippen LogP contribution in [0.2, 0.25) is 0 Å². The number of carbonyl (C=O) groups excluding carboxylic acids is 1. The highest BCUT2D eigenvalue weighted by Crippen LogP contribution is 2.12. The molecule has 0 spiro atoms. The van der Waals surface area contributed by atoms with Crippen LogP contribution in [0, 0.1) is 0 Å². The second kappa shape index (κ2) is 4.58. The van der Waals surface area contributed by atoms with Gasteiger partial charge < -0.3 is 4.98 Å². The van der Waals surface area contributed by atoms with E-state index in [1.807, 2.05) is 41.1 Å². The van der Waals surface area contributed by atoms with Crippen molar-refractivity contribution in [1.82, 2.24) is 9.97 Å². The number of aromatic nitrogens is 2. The van der Waals surface area contributed by atoms with Gasteiger partial charge in [0.2, 0.25) is 0 Å². The Hall–Kier alpha value is -2.20. The van der Waals surface area contributed by atoms with Crippen molar-refractivity contribution in [3.05, 3.63) is 58.6 Å². The predicted octanol–water partition coefficient (Wildman–Crippen LogP) is 3.52. The Bertz CT molecular complexity index is 677. The molecule has 88 valence electrons. The van der Waals surface area contributed by atoms with Crippen molar-refractivity contribution in [2.24, 2.45) is 0 Å². The third-order valence-corrected chi connectivity index (χ3v) is 3.29. The van der Waals surface area contributed by atoms with Crippen LogP contribution in [0.3, 0.4) is 0 Å². The van der Waals surface area contributed by atoms with Crippen molar-refractivity contribution in [1.29, 1.82) is 0 Å². The summed E-state index contributed by atoms with van der Waals surface area (Å²) in [7, 11) is 0. The summed E-state index contributed by atoms with van der Waals surface area (Å²) in [5, 5.41) is 3.73. The molecular formula is C14H10N2OS. The number of hydrogen-bond donors (Lipinski definition) is 1. The maximum Gasteiger partial charge on any atom is 0.186 e. The fourth-order valence-corrected chi connectivity index (χ4v) is 2.35. The average Bonchev–Trinajstić information content (AvgIpc) is 3.04. The second-order valence-corrected chi connectivity index (χ2v) is 4.63. The summed E-state index contributed by atoms with van der Waals surface area (Å²) in [6.07, 6.45) is 3.25. The lowest BCUT2D eigenvalue weighted by molar-refractivity contribution is 0.104. The van der Waals surface area contributed by atoms with E-state index in [2.05, 4.69) is 9.97 Å². The molecular weight excluding hydrogens is 244 g/mol. The molecule has 3 rings (SSSR count). The number of H-pyrrole nitrogens is 1. The van der Waals surface area contributed by atoms with E-state index >= 15 is 0 Å². The quantitative estimate of drug-likeness (QED) is 0.574. The Balaban J connectivity index is 1.86. The Kier molecular flexibility index (Phi) is 2.78. The number of hydrogen-bond acceptors (Lipinski definition) is 3. The number of benzene rings is 1. The van der Waals surface area contributed by atoms with E-state index in [1.54, 1.807) is 12.2 Å². The van der Waals surface area contributed by atoms with Crippen LogP contribution in [0.25, 0.3) is 17.1 Å². The molecule has 2 heterocycles. The molecule has 3 nitrogen and oxygen atoms in total. The third kappa shape index (κ3) is 2.10. The van der Waals surface area contributed by atoms with Crippen LogP contribution >= 0.6 is 11.3 Å². The third-order valence-electron chi connectivity index (χ3n) is 2.61. The molecule has 0 bridgehead atoms. The van der Waals surface area contributed by atoms with Crippen molar-refractivity contribution in [3.8, 4) is 0 Å². The zero-order valence-corrected chi connectivity index (χ0v) is 10.3. The van der Waals surface area contributed by atoms with Crippen LogP contribution < -0.4 is 0 Å². The maximum absolute atomic E-state index is 11.8. The summed E-state index contributed by atoms with van der Waals surface area (Å²) < 4.78 is 0. The molecule has 0 aliphatic rings. The number of para-hydroxylation sites is 2. The SMILES string of the molecule is O=C(C=Cc1nc2ccccc2[nH]1)c1ccsc1. The number of carbonyl (C=O) groups is 1. The molecule has 18 heavy (non-hydrogen) atoms. The van der Waals surface area contributed by atoms with Crippen LogP contribution in [0.1, 0.15) is 16.2 Å². The molecule has 0 atom stereocenters. The topological polar surface area (TPSA) is 45.8 Å². The van der Waals surface area contributed by atoms with Crippen LogP contribution in [0.15, 0.2) is 47.2 Å². The highest BCUT2D eigenvalue weighted by Gasteiger charge is 2.02. The van der Waals surface area contributed by atoms with Crippen LogP contribution in [0.4, 0.5) is 0 Å². The number of allylic oxidation sites excluding steroid dienone is 1. The van der Waals surface area contributed by atoms with Gasteiger partial charge in [-0.25, -0.2) is 4.98 Å². The molecule has 1 aromatic carbocycles. The van der Waals surface area contributed by atoms with Crippen molar-refractivity contribution < 1.29 is 4.79 Å². The zero-order chi connectivity index (χ0) is 12.4. The van der Waals surface area contributed by atoms with Gasteiger partial charge >= 0.3 is 0 Å². The Morgan fingerprint density at radius 3 is 2.94 bits per heavy atom. The summed E-state index contributed by atoms with van der Waals surface area (Å²) in [6.45, 7) is 0. The maximum atomic E-state index is 11.8. The van der Waals surface area contributed by atoms with Crippen LogP contribution in [-0.4, -0.2) is 15.8 Å². The normalized spacial score (nSPS) is 11.3. The molecule has 0 aliphatic carbocycles. The summed E-state index contributed by atoms with van der Waals surface area (Å²) in [5.74, 6) is 0.691. The first-order chi connectivity index (χ1) is 8.83. The van der Waals surface area contributed by atoms with Crippen LogP contribution in [0.5, 0.6) is 0 Å². The fourth-order valence-electron chi connectivity index (χ4n) is 1.71. The van der Waals surface area contributed by atoms with Crippen molar-refractivity contribution in [2.45, 2.75) is 0 Å². The minimum Gasteiger partial charge on any atom is -0.338 e. The molecule has 0 saturated heterocycles. The number of rotatable bonds is 3. The van der Waals surface area contributed by atoms with Gasteiger partial charge in [-0.15, -0.1) is 0 Å². The van der Waals surface area contributed by atoms with Gasteiger partial charge in [0.25, 0.3) is 0 Å². The minimum absolute atomic E-state index is 0.00305. The Labute approximate surface area is 108 Å². The first-order valence-corrected chi connectivity index (χ1v) is 6.46. The number of aromatic amines is 1. The number of nitrogens with zero attached hydrogens (tertiary/aromatic N) is 1. The number of thiophene rings is 1. The summed E-state index contributed by atoms with van der Waals surface area (Å²) >= 11 is 1.52. The zero-order valence-electron chi connectivity index (χ0n) is 9.46. The molecule has 0 unspecified atom stereocenters. The Morgan fingerprint density at radius 1 is 1.28 bits per heavy atom. The molecule has 0 saturated carbocycles. The van der Waals surface area contributed by atoms with E-state index < -0.39 is 0 Å². The van der Waals surface area contributed by atoms with E-state index in [-0.39, 0.29) is 5.78 Å². The van der Waals surface area contributed by atoms with Gasteiger partial charge in [-0.1, -0.05) is 12.1 Å². The number of imidazole rings is 1. The number of fused-ring (bicyclic) bond motifs is 1. The van der Waals surface area contributed by atoms with Crippen LogP contribution in [-0.2, 0) is 0 Å². The lowest BCUT2D eigenvalue weighted by Gasteiger charge is -1.87. The van der Waals surface area contributed by atoms with Crippen molar-refractivity contribution >= 4 is 34.2 Å². The summed E-state index contributed by atoms with van der Waals surface area (Å²) in [5.41, 5.74) is 2.59. The summed E-state index contributed by atoms with van der Waals surface area (Å²) in [4.78, 5) is 19.3. The fraction of sp³-hybridized carbons (Fsp3) is 0. The van der Waals surface area contributed by atoms with E-state index in [0.29, 0.717) is 11.4 Å². The highest BCUT2D eigenvalue weighted by atomic mass is 32.1. The summed E-state index contributed by atoms with van der Waals surface area (Å²) in [6, 6.07) is 9.60.